The molecule has 0 spiro atoms. The molecule has 0 amide bonds. The SMILES string of the molecule is COc1cc(/N=C2\CCc3ccccc32)cc(OC)c1OC. The van der Waals surface area contributed by atoms with Gasteiger partial charge in [-0.1, -0.05) is 24.3 Å². The lowest BCUT2D eigenvalue weighted by Gasteiger charge is -2.13. The van der Waals surface area contributed by atoms with Gasteiger partial charge in [0.05, 0.1) is 27.0 Å². The number of aryl methyl sites for hydroxylation is 1. The van der Waals surface area contributed by atoms with Gasteiger partial charge >= 0.3 is 0 Å². The molecule has 4 nitrogen and oxygen atoms in total. The second kappa shape index (κ2) is 6.10. The van der Waals surface area contributed by atoms with Gasteiger partial charge in [0.2, 0.25) is 5.75 Å². The van der Waals surface area contributed by atoms with Gasteiger partial charge in [0.15, 0.2) is 11.5 Å². The fourth-order valence-electron chi connectivity index (χ4n) is 2.81. The number of benzene rings is 2. The van der Waals surface area contributed by atoms with Crippen LogP contribution in [-0.2, 0) is 6.42 Å². The molecule has 4 heteroatoms. The summed E-state index contributed by atoms with van der Waals surface area (Å²) in [6.45, 7) is 0. The van der Waals surface area contributed by atoms with E-state index in [4.69, 9.17) is 19.2 Å². The van der Waals surface area contributed by atoms with Gasteiger partial charge in [0.25, 0.3) is 0 Å². The molecule has 2 aromatic rings. The third-order valence-corrected chi connectivity index (χ3v) is 3.87. The highest BCUT2D eigenvalue weighted by Gasteiger charge is 2.18. The van der Waals surface area contributed by atoms with Crippen LogP contribution in [0.1, 0.15) is 17.5 Å². The normalized spacial score (nSPS) is 14.8. The highest BCUT2D eigenvalue weighted by molar-refractivity contribution is 6.05. The van der Waals surface area contributed by atoms with Gasteiger partial charge in [-0.3, -0.25) is 4.99 Å². The minimum Gasteiger partial charge on any atom is -0.493 e. The lowest BCUT2D eigenvalue weighted by molar-refractivity contribution is 0.324. The molecule has 0 fully saturated rings. The first-order valence-corrected chi connectivity index (χ1v) is 7.22. The molecule has 0 atom stereocenters. The maximum atomic E-state index is 5.38. The Kier molecular flexibility index (Phi) is 4.00. The smallest absolute Gasteiger partial charge is 0.203 e. The van der Waals surface area contributed by atoms with E-state index in [-0.39, 0.29) is 0 Å². The van der Waals surface area contributed by atoms with Crippen molar-refractivity contribution in [2.75, 3.05) is 21.3 Å². The van der Waals surface area contributed by atoms with Crippen LogP contribution in [0.2, 0.25) is 0 Å². The van der Waals surface area contributed by atoms with Crippen molar-refractivity contribution in [3.63, 3.8) is 0 Å². The lowest BCUT2D eigenvalue weighted by atomic mass is 10.1. The van der Waals surface area contributed by atoms with E-state index in [1.807, 2.05) is 12.1 Å². The number of hydrogen-bond acceptors (Lipinski definition) is 4. The average Bonchev–Trinajstić information content (AvgIpc) is 2.97. The van der Waals surface area contributed by atoms with Gasteiger partial charge < -0.3 is 14.2 Å². The molecule has 2 aromatic carbocycles. The number of aliphatic imine (C=N–C) groups is 1. The molecule has 0 N–H and O–H groups in total. The molecule has 114 valence electrons. The summed E-state index contributed by atoms with van der Waals surface area (Å²) in [7, 11) is 4.82. The van der Waals surface area contributed by atoms with Gasteiger partial charge in [-0.05, 0) is 24.0 Å². The zero-order valence-corrected chi connectivity index (χ0v) is 13.1. The van der Waals surface area contributed by atoms with Crippen LogP contribution in [0.15, 0.2) is 41.4 Å². The van der Waals surface area contributed by atoms with Crippen molar-refractivity contribution in [3.8, 4) is 17.2 Å². The molecule has 0 aromatic heterocycles. The lowest BCUT2D eigenvalue weighted by Crippen LogP contribution is -1.96. The van der Waals surface area contributed by atoms with E-state index < -0.39 is 0 Å². The fraction of sp³-hybridized carbons (Fsp3) is 0.278. The highest BCUT2D eigenvalue weighted by Crippen LogP contribution is 2.41. The predicted molar refractivity (Wildman–Crippen MR) is 87.1 cm³/mol. The van der Waals surface area contributed by atoms with E-state index in [0.29, 0.717) is 17.2 Å². The molecule has 0 radical (unpaired) electrons. The van der Waals surface area contributed by atoms with Crippen LogP contribution in [-0.4, -0.2) is 27.0 Å². The summed E-state index contributed by atoms with van der Waals surface area (Å²) in [5.74, 6) is 1.82. The first-order valence-electron chi connectivity index (χ1n) is 7.22. The van der Waals surface area contributed by atoms with E-state index in [0.717, 1.165) is 24.2 Å². The molecular formula is C18H19NO3. The fourth-order valence-corrected chi connectivity index (χ4v) is 2.81. The summed E-state index contributed by atoms with van der Waals surface area (Å²) in [6, 6.07) is 12.1. The van der Waals surface area contributed by atoms with E-state index in [1.165, 1.54) is 11.1 Å². The second-order valence-electron chi connectivity index (χ2n) is 5.10. The monoisotopic (exact) mass is 297 g/mol. The first kappa shape index (κ1) is 14.4. The topological polar surface area (TPSA) is 40.0 Å². The minimum atomic E-state index is 0.584. The molecule has 22 heavy (non-hydrogen) atoms. The zero-order chi connectivity index (χ0) is 15.5. The molecule has 0 unspecified atom stereocenters. The van der Waals surface area contributed by atoms with Crippen molar-refractivity contribution in [2.24, 2.45) is 4.99 Å². The van der Waals surface area contributed by atoms with Crippen LogP contribution in [0.5, 0.6) is 17.2 Å². The van der Waals surface area contributed by atoms with E-state index in [1.54, 1.807) is 21.3 Å². The van der Waals surface area contributed by atoms with Crippen molar-refractivity contribution in [1.82, 2.24) is 0 Å². The largest absolute Gasteiger partial charge is 0.493 e. The number of rotatable bonds is 4. The van der Waals surface area contributed by atoms with Gasteiger partial charge in [0, 0.05) is 17.8 Å². The minimum absolute atomic E-state index is 0.584. The summed E-state index contributed by atoms with van der Waals surface area (Å²) in [6.07, 6.45) is 2.00. The first-order chi connectivity index (χ1) is 10.8. The standard InChI is InChI=1S/C18H19NO3/c1-20-16-10-13(11-17(21-2)18(16)22-3)19-15-9-8-12-6-4-5-7-14(12)15/h4-7,10-11H,8-9H2,1-3H3/b19-15+. The molecule has 0 heterocycles. The van der Waals surface area contributed by atoms with Crippen LogP contribution in [0, 0.1) is 0 Å². The van der Waals surface area contributed by atoms with Gasteiger partial charge in [0.1, 0.15) is 0 Å². The van der Waals surface area contributed by atoms with E-state index in [2.05, 4.69) is 24.3 Å². The van der Waals surface area contributed by atoms with Gasteiger partial charge in [-0.15, -0.1) is 0 Å². The summed E-state index contributed by atoms with van der Waals surface area (Å²) in [5.41, 5.74) is 4.50. The maximum Gasteiger partial charge on any atom is 0.203 e. The Balaban J connectivity index is 2.05. The highest BCUT2D eigenvalue weighted by atomic mass is 16.5. The molecular weight excluding hydrogens is 278 g/mol. The Hall–Kier alpha value is -2.49. The molecule has 3 rings (SSSR count). The Morgan fingerprint density at radius 1 is 0.864 bits per heavy atom. The van der Waals surface area contributed by atoms with Crippen molar-refractivity contribution in [3.05, 3.63) is 47.5 Å². The van der Waals surface area contributed by atoms with Crippen LogP contribution in [0.4, 0.5) is 5.69 Å². The Morgan fingerprint density at radius 3 is 2.18 bits per heavy atom. The zero-order valence-electron chi connectivity index (χ0n) is 13.1. The van der Waals surface area contributed by atoms with Crippen LogP contribution in [0.3, 0.4) is 0 Å². The van der Waals surface area contributed by atoms with Crippen LogP contribution in [0.25, 0.3) is 0 Å². The van der Waals surface area contributed by atoms with Crippen molar-refractivity contribution < 1.29 is 14.2 Å². The van der Waals surface area contributed by atoms with Crippen molar-refractivity contribution in [2.45, 2.75) is 12.8 Å². The molecule has 0 aliphatic heterocycles. The number of fused-ring (bicyclic) bond motifs is 1. The summed E-state index contributed by atoms with van der Waals surface area (Å²) < 4.78 is 16.1. The summed E-state index contributed by atoms with van der Waals surface area (Å²) >= 11 is 0. The summed E-state index contributed by atoms with van der Waals surface area (Å²) in [5, 5.41) is 0. The second-order valence-corrected chi connectivity index (χ2v) is 5.10. The average molecular weight is 297 g/mol. The number of methoxy groups -OCH3 is 3. The molecule has 1 aliphatic carbocycles. The molecule has 1 aliphatic rings. The van der Waals surface area contributed by atoms with E-state index >= 15 is 0 Å². The molecule has 0 saturated heterocycles. The van der Waals surface area contributed by atoms with Gasteiger partial charge in [-0.2, -0.15) is 0 Å². The Bertz CT molecular complexity index is 697. The van der Waals surface area contributed by atoms with Crippen LogP contribution < -0.4 is 14.2 Å². The third kappa shape index (κ3) is 2.52. The number of hydrogen-bond donors (Lipinski definition) is 0. The van der Waals surface area contributed by atoms with Crippen molar-refractivity contribution in [1.29, 1.82) is 0 Å². The van der Waals surface area contributed by atoms with Crippen molar-refractivity contribution >= 4 is 11.4 Å². The quantitative estimate of drug-likeness (QED) is 0.862. The number of nitrogens with zero attached hydrogens (tertiary/aromatic N) is 1. The summed E-state index contributed by atoms with van der Waals surface area (Å²) in [4.78, 5) is 4.79. The van der Waals surface area contributed by atoms with Crippen LogP contribution >= 0.6 is 0 Å². The number of ether oxygens (including phenoxy) is 3. The third-order valence-electron chi connectivity index (χ3n) is 3.87. The Morgan fingerprint density at radius 2 is 1.55 bits per heavy atom. The van der Waals surface area contributed by atoms with E-state index in [9.17, 15) is 0 Å². The maximum absolute atomic E-state index is 5.38. The Labute approximate surface area is 130 Å². The molecule has 0 saturated carbocycles. The predicted octanol–water partition coefficient (Wildman–Crippen LogP) is 3.78. The molecule has 0 bridgehead atoms. The van der Waals surface area contributed by atoms with Gasteiger partial charge in [-0.25, -0.2) is 0 Å².